The summed E-state index contributed by atoms with van der Waals surface area (Å²) in [6.45, 7) is 5.90. The fourth-order valence-electron chi connectivity index (χ4n) is 2.20. The lowest BCUT2D eigenvalue weighted by atomic mass is 10.0. The van der Waals surface area contributed by atoms with E-state index in [2.05, 4.69) is 12.2 Å². The third-order valence-electron chi connectivity index (χ3n) is 3.57. The third-order valence-corrected chi connectivity index (χ3v) is 3.82. The van der Waals surface area contributed by atoms with Crippen molar-refractivity contribution in [1.29, 1.82) is 0 Å². The fraction of sp³-hybridized carbons (Fsp3) is 0.294. The Hall–Kier alpha value is -1.38. The minimum absolute atomic E-state index is 0.0794. The lowest BCUT2D eigenvalue weighted by Crippen LogP contribution is -2.22. The SMILES string of the molecule is Cc1ccc(C(C)NC(C)c2ccc(Cl)cc2)cc1F. The summed E-state index contributed by atoms with van der Waals surface area (Å²) in [5, 5.41) is 4.20. The van der Waals surface area contributed by atoms with Crippen LogP contribution in [0.5, 0.6) is 0 Å². The highest BCUT2D eigenvalue weighted by molar-refractivity contribution is 6.30. The fourth-order valence-corrected chi connectivity index (χ4v) is 2.32. The van der Waals surface area contributed by atoms with Gasteiger partial charge in [-0.1, -0.05) is 35.9 Å². The van der Waals surface area contributed by atoms with Crippen molar-refractivity contribution in [3.05, 3.63) is 70.0 Å². The van der Waals surface area contributed by atoms with Crippen LogP contribution >= 0.6 is 11.6 Å². The average molecular weight is 292 g/mol. The quantitative estimate of drug-likeness (QED) is 0.816. The summed E-state index contributed by atoms with van der Waals surface area (Å²) in [4.78, 5) is 0. The first kappa shape index (κ1) is 15.0. The monoisotopic (exact) mass is 291 g/mol. The van der Waals surface area contributed by atoms with Crippen molar-refractivity contribution in [3.63, 3.8) is 0 Å². The standard InChI is InChI=1S/C17H19ClFN/c1-11-4-5-15(10-17(11)19)13(3)20-12(2)14-6-8-16(18)9-7-14/h4-10,12-13,20H,1-3H3. The van der Waals surface area contributed by atoms with Crippen molar-refractivity contribution in [2.75, 3.05) is 0 Å². The van der Waals surface area contributed by atoms with E-state index in [0.717, 1.165) is 16.1 Å². The highest BCUT2D eigenvalue weighted by atomic mass is 35.5. The highest BCUT2D eigenvalue weighted by Gasteiger charge is 2.12. The Labute approximate surface area is 124 Å². The van der Waals surface area contributed by atoms with Crippen molar-refractivity contribution in [1.82, 2.24) is 5.32 Å². The molecule has 2 rings (SSSR count). The summed E-state index contributed by atoms with van der Waals surface area (Å²) in [7, 11) is 0. The first-order valence-corrected chi connectivity index (χ1v) is 7.12. The predicted molar refractivity (Wildman–Crippen MR) is 82.6 cm³/mol. The molecule has 2 atom stereocenters. The van der Waals surface area contributed by atoms with Gasteiger partial charge in [-0.15, -0.1) is 0 Å². The predicted octanol–water partition coefficient (Wildman–Crippen LogP) is 5.20. The molecule has 0 amide bonds. The second-order valence-corrected chi connectivity index (χ2v) is 5.61. The number of rotatable bonds is 4. The van der Waals surface area contributed by atoms with Crippen LogP contribution < -0.4 is 5.32 Å². The highest BCUT2D eigenvalue weighted by Crippen LogP contribution is 2.22. The minimum atomic E-state index is -0.157. The number of hydrogen-bond donors (Lipinski definition) is 1. The number of halogens is 2. The smallest absolute Gasteiger partial charge is 0.126 e. The molecule has 0 saturated heterocycles. The zero-order valence-electron chi connectivity index (χ0n) is 12.0. The van der Waals surface area contributed by atoms with E-state index in [-0.39, 0.29) is 17.9 Å². The van der Waals surface area contributed by atoms with Gasteiger partial charge in [0.05, 0.1) is 0 Å². The van der Waals surface area contributed by atoms with Gasteiger partial charge in [-0.05, 0) is 55.7 Å². The molecular weight excluding hydrogens is 273 g/mol. The second kappa shape index (κ2) is 6.38. The van der Waals surface area contributed by atoms with Crippen molar-refractivity contribution < 1.29 is 4.39 Å². The number of hydrogen-bond acceptors (Lipinski definition) is 1. The summed E-state index contributed by atoms with van der Waals surface area (Å²) < 4.78 is 13.6. The Kier molecular flexibility index (Phi) is 4.79. The normalized spacial score (nSPS) is 14.1. The van der Waals surface area contributed by atoms with Gasteiger partial charge in [0.2, 0.25) is 0 Å². The Morgan fingerprint density at radius 1 is 0.950 bits per heavy atom. The molecule has 0 bridgehead atoms. The largest absolute Gasteiger partial charge is 0.304 e. The minimum Gasteiger partial charge on any atom is -0.304 e. The number of benzene rings is 2. The Morgan fingerprint density at radius 2 is 1.50 bits per heavy atom. The maximum Gasteiger partial charge on any atom is 0.126 e. The zero-order chi connectivity index (χ0) is 14.7. The molecule has 1 nitrogen and oxygen atoms in total. The van der Waals surface area contributed by atoms with Crippen LogP contribution in [0.1, 0.15) is 42.6 Å². The Balaban J connectivity index is 2.08. The van der Waals surface area contributed by atoms with Gasteiger partial charge in [0, 0.05) is 17.1 Å². The first-order valence-electron chi connectivity index (χ1n) is 6.75. The van der Waals surface area contributed by atoms with Gasteiger partial charge in [-0.2, -0.15) is 0 Å². The van der Waals surface area contributed by atoms with Crippen LogP contribution in [0.25, 0.3) is 0 Å². The van der Waals surface area contributed by atoms with E-state index in [0.29, 0.717) is 5.56 Å². The molecular formula is C17H19ClFN. The lowest BCUT2D eigenvalue weighted by Gasteiger charge is -2.21. The van der Waals surface area contributed by atoms with Crippen LogP contribution in [0.2, 0.25) is 5.02 Å². The molecule has 20 heavy (non-hydrogen) atoms. The lowest BCUT2D eigenvalue weighted by molar-refractivity contribution is 0.491. The van der Waals surface area contributed by atoms with Gasteiger partial charge in [0.25, 0.3) is 0 Å². The average Bonchev–Trinajstić information content (AvgIpc) is 2.42. The second-order valence-electron chi connectivity index (χ2n) is 5.17. The number of aryl methyl sites for hydroxylation is 1. The summed E-state index contributed by atoms with van der Waals surface area (Å²) in [5.41, 5.74) is 2.79. The molecule has 3 heteroatoms. The van der Waals surface area contributed by atoms with Crippen molar-refractivity contribution in [3.8, 4) is 0 Å². The van der Waals surface area contributed by atoms with E-state index in [9.17, 15) is 4.39 Å². The Morgan fingerprint density at radius 3 is 2.10 bits per heavy atom. The van der Waals surface area contributed by atoms with Crippen molar-refractivity contribution in [2.45, 2.75) is 32.9 Å². The molecule has 2 aromatic rings. The van der Waals surface area contributed by atoms with E-state index in [1.807, 2.05) is 43.3 Å². The molecule has 2 unspecified atom stereocenters. The van der Waals surface area contributed by atoms with E-state index in [1.54, 1.807) is 13.0 Å². The van der Waals surface area contributed by atoms with Gasteiger partial charge in [0.1, 0.15) is 5.82 Å². The van der Waals surface area contributed by atoms with Crippen LogP contribution in [0, 0.1) is 12.7 Å². The van der Waals surface area contributed by atoms with Gasteiger partial charge < -0.3 is 5.32 Å². The zero-order valence-corrected chi connectivity index (χ0v) is 12.7. The summed E-state index contributed by atoms with van der Waals surface area (Å²) in [5.74, 6) is -0.157. The van der Waals surface area contributed by atoms with Crippen molar-refractivity contribution in [2.24, 2.45) is 0 Å². The molecule has 0 aromatic heterocycles. The van der Waals surface area contributed by atoms with Gasteiger partial charge in [-0.25, -0.2) is 4.39 Å². The molecule has 0 aliphatic heterocycles. The number of nitrogens with one attached hydrogen (secondary N) is 1. The van der Waals surface area contributed by atoms with E-state index >= 15 is 0 Å². The molecule has 0 radical (unpaired) electrons. The maximum absolute atomic E-state index is 13.6. The first-order chi connectivity index (χ1) is 9.47. The summed E-state index contributed by atoms with van der Waals surface area (Å²) in [6.07, 6.45) is 0. The molecule has 1 N–H and O–H groups in total. The molecule has 2 aromatic carbocycles. The van der Waals surface area contributed by atoms with E-state index in [1.165, 1.54) is 0 Å². The van der Waals surface area contributed by atoms with Gasteiger partial charge >= 0.3 is 0 Å². The topological polar surface area (TPSA) is 12.0 Å². The van der Waals surface area contributed by atoms with Crippen LogP contribution in [0.15, 0.2) is 42.5 Å². The van der Waals surface area contributed by atoms with Crippen LogP contribution in [-0.2, 0) is 0 Å². The molecule has 0 aliphatic carbocycles. The molecule has 106 valence electrons. The molecule has 0 fully saturated rings. The van der Waals surface area contributed by atoms with Gasteiger partial charge in [0.15, 0.2) is 0 Å². The van der Waals surface area contributed by atoms with Crippen LogP contribution in [0.3, 0.4) is 0 Å². The molecule has 0 saturated carbocycles. The molecule has 0 spiro atoms. The van der Waals surface area contributed by atoms with E-state index in [4.69, 9.17) is 11.6 Å². The Bertz CT molecular complexity index is 580. The van der Waals surface area contributed by atoms with E-state index < -0.39 is 0 Å². The van der Waals surface area contributed by atoms with Crippen LogP contribution in [-0.4, -0.2) is 0 Å². The molecule has 0 aliphatic rings. The van der Waals surface area contributed by atoms with Gasteiger partial charge in [-0.3, -0.25) is 0 Å². The van der Waals surface area contributed by atoms with Crippen molar-refractivity contribution >= 4 is 11.6 Å². The molecule has 0 heterocycles. The summed E-state index contributed by atoms with van der Waals surface area (Å²) >= 11 is 5.89. The summed E-state index contributed by atoms with van der Waals surface area (Å²) in [6, 6.07) is 13.4. The van der Waals surface area contributed by atoms with Crippen LogP contribution in [0.4, 0.5) is 4.39 Å². The maximum atomic E-state index is 13.6. The third kappa shape index (κ3) is 3.59.